The van der Waals surface area contributed by atoms with E-state index in [1.807, 2.05) is 17.0 Å². The quantitative estimate of drug-likeness (QED) is 0.716. The van der Waals surface area contributed by atoms with E-state index in [1.54, 1.807) is 17.0 Å². The number of hydrogen-bond acceptors (Lipinski definition) is 3. The van der Waals surface area contributed by atoms with E-state index in [0.29, 0.717) is 62.8 Å². The lowest BCUT2D eigenvalue weighted by molar-refractivity contribution is -0.131. The van der Waals surface area contributed by atoms with E-state index in [1.165, 1.54) is 19.3 Å². The molecule has 1 saturated heterocycles. The molecule has 6 nitrogen and oxygen atoms in total. The molecule has 3 rings (SSSR count). The second kappa shape index (κ2) is 10.8. The lowest BCUT2D eigenvalue weighted by atomic mass is 9.88. The van der Waals surface area contributed by atoms with Crippen molar-refractivity contribution >= 4 is 23.5 Å². The number of ether oxygens (including phenoxy) is 1. The Morgan fingerprint density at radius 3 is 2.41 bits per heavy atom. The molecule has 1 aromatic carbocycles. The van der Waals surface area contributed by atoms with Crippen molar-refractivity contribution in [2.24, 2.45) is 5.92 Å². The molecule has 1 aliphatic heterocycles. The molecular weight excluding hydrogens is 390 g/mol. The van der Waals surface area contributed by atoms with Gasteiger partial charge in [-0.3, -0.25) is 4.79 Å². The Morgan fingerprint density at radius 1 is 1.07 bits per heavy atom. The molecule has 29 heavy (non-hydrogen) atoms. The van der Waals surface area contributed by atoms with Crippen LogP contribution in [-0.4, -0.2) is 67.2 Å². The summed E-state index contributed by atoms with van der Waals surface area (Å²) in [6.07, 6.45) is 5.59. The Morgan fingerprint density at radius 2 is 1.72 bits per heavy atom. The average Bonchev–Trinajstić information content (AvgIpc) is 2.74. The van der Waals surface area contributed by atoms with Crippen LogP contribution in [0.4, 0.5) is 4.79 Å². The second-order valence-corrected chi connectivity index (χ2v) is 8.51. The molecule has 2 fully saturated rings. The van der Waals surface area contributed by atoms with Gasteiger partial charge in [0, 0.05) is 37.7 Å². The van der Waals surface area contributed by atoms with E-state index in [-0.39, 0.29) is 11.9 Å². The number of nitrogens with one attached hydrogen (secondary N) is 1. The van der Waals surface area contributed by atoms with Gasteiger partial charge in [-0.05, 0) is 36.5 Å². The molecule has 0 radical (unpaired) electrons. The highest BCUT2D eigenvalue weighted by atomic mass is 35.5. The van der Waals surface area contributed by atoms with Gasteiger partial charge >= 0.3 is 6.03 Å². The van der Waals surface area contributed by atoms with Crippen LogP contribution in [-0.2, 0) is 16.0 Å². The van der Waals surface area contributed by atoms with E-state index < -0.39 is 0 Å². The highest BCUT2D eigenvalue weighted by molar-refractivity contribution is 6.30. The molecule has 2 unspecified atom stereocenters. The maximum Gasteiger partial charge on any atom is 0.317 e. The summed E-state index contributed by atoms with van der Waals surface area (Å²) in [5.41, 5.74) is 0.951. The van der Waals surface area contributed by atoms with E-state index in [4.69, 9.17) is 16.3 Å². The first kappa shape index (κ1) is 21.9. The topological polar surface area (TPSA) is 61.9 Å². The summed E-state index contributed by atoms with van der Waals surface area (Å²) in [6.45, 7) is 5.57. The normalized spacial score (nSPS) is 22.4. The number of piperazine rings is 1. The predicted molar refractivity (Wildman–Crippen MR) is 114 cm³/mol. The third-order valence-electron chi connectivity index (χ3n) is 5.93. The summed E-state index contributed by atoms with van der Waals surface area (Å²) < 4.78 is 5.95. The number of nitrogens with zero attached hydrogens (tertiary/aromatic N) is 2. The van der Waals surface area contributed by atoms with Crippen LogP contribution >= 0.6 is 11.6 Å². The largest absolute Gasteiger partial charge is 0.376 e. The van der Waals surface area contributed by atoms with Gasteiger partial charge in [-0.25, -0.2) is 4.79 Å². The first-order valence-corrected chi connectivity index (χ1v) is 11.1. The molecule has 1 aromatic rings. The fraction of sp³-hybridized carbons (Fsp3) is 0.636. The molecule has 160 valence electrons. The van der Waals surface area contributed by atoms with Crippen molar-refractivity contribution in [3.63, 3.8) is 0 Å². The number of rotatable bonds is 6. The number of hydrogen-bond donors (Lipinski definition) is 1. The Kier molecular flexibility index (Phi) is 8.19. The van der Waals surface area contributed by atoms with Crippen LogP contribution in [0.3, 0.4) is 0 Å². The second-order valence-electron chi connectivity index (χ2n) is 8.07. The molecule has 1 heterocycles. The van der Waals surface area contributed by atoms with Gasteiger partial charge in [-0.15, -0.1) is 0 Å². The molecular formula is C22H32ClN3O3. The number of halogens is 1. The maximum absolute atomic E-state index is 12.5. The van der Waals surface area contributed by atoms with Gasteiger partial charge in [0.05, 0.1) is 19.1 Å². The minimum absolute atomic E-state index is 0.0740. The van der Waals surface area contributed by atoms with Gasteiger partial charge in [-0.2, -0.15) is 0 Å². The minimum atomic E-state index is -0.0740. The molecule has 0 aromatic heterocycles. The van der Waals surface area contributed by atoms with Crippen LogP contribution in [0.25, 0.3) is 0 Å². The van der Waals surface area contributed by atoms with Crippen LogP contribution in [0.5, 0.6) is 0 Å². The molecule has 2 atom stereocenters. The molecule has 2 aliphatic rings. The van der Waals surface area contributed by atoms with Crippen molar-refractivity contribution in [3.05, 3.63) is 34.9 Å². The fourth-order valence-electron chi connectivity index (χ4n) is 4.06. The number of urea groups is 1. The van der Waals surface area contributed by atoms with Crippen molar-refractivity contribution in [2.45, 2.75) is 45.1 Å². The monoisotopic (exact) mass is 421 g/mol. The molecule has 0 spiro atoms. The van der Waals surface area contributed by atoms with Gasteiger partial charge in [0.2, 0.25) is 5.91 Å². The standard InChI is InChI=1S/C22H32ClN3O3/c1-17-4-2-3-5-20(17)29-15-10-24-22(28)26-13-11-25(12-14-26)21(27)16-18-6-8-19(23)9-7-18/h6-9,17,20H,2-5,10-16H2,1H3,(H,24,28). The molecule has 3 amide bonds. The number of benzene rings is 1. The SMILES string of the molecule is CC1CCCCC1OCCNC(=O)N1CCN(C(=O)Cc2ccc(Cl)cc2)CC1. The zero-order chi connectivity index (χ0) is 20.6. The summed E-state index contributed by atoms with van der Waals surface area (Å²) in [5, 5.41) is 3.61. The molecule has 1 saturated carbocycles. The zero-order valence-corrected chi connectivity index (χ0v) is 18.0. The van der Waals surface area contributed by atoms with Crippen LogP contribution in [0.15, 0.2) is 24.3 Å². The fourth-order valence-corrected chi connectivity index (χ4v) is 4.18. The Labute approximate surface area is 178 Å². The molecule has 1 N–H and O–H groups in total. The summed E-state index contributed by atoms with van der Waals surface area (Å²) >= 11 is 5.89. The summed E-state index contributed by atoms with van der Waals surface area (Å²) in [7, 11) is 0. The predicted octanol–water partition coefficient (Wildman–Crippen LogP) is 3.33. The lowest BCUT2D eigenvalue weighted by Gasteiger charge is -2.35. The molecule has 0 bridgehead atoms. The number of amides is 3. The smallest absolute Gasteiger partial charge is 0.317 e. The van der Waals surface area contributed by atoms with Gasteiger partial charge < -0.3 is 19.9 Å². The Balaban J connectivity index is 1.32. The minimum Gasteiger partial charge on any atom is -0.376 e. The van der Waals surface area contributed by atoms with E-state index in [0.717, 1.165) is 12.0 Å². The highest BCUT2D eigenvalue weighted by Crippen LogP contribution is 2.26. The van der Waals surface area contributed by atoms with Gasteiger partial charge in [0.1, 0.15) is 0 Å². The summed E-state index contributed by atoms with van der Waals surface area (Å²) in [5.74, 6) is 0.695. The number of carbonyl (C=O) groups excluding carboxylic acids is 2. The van der Waals surface area contributed by atoms with Crippen molar-refractivity contribution in [2.75, 3.05) is 39.3 Å². The van der Waals surface area contributed by atoms with Crippen LogP contribution in [0.1, 0.15) is 38.2 Å². The Bertz CT molecular complexity index is 674. The first-order valence-electron chi connectivity index (χ1n) is 10.7. The van der Waals surface area contributed by atoms with E-state index in [2.05, 4.69) is 12.2 Å². The van der Waals surface area contributed by atoms with Crippen LogP contribution in [0, 0.1) is 5.92 Å². The van der Waals surface area contributed by atoms with E-state index >= 15 is 0 Å². The first-order chi connectivity index (χ1) is 14.0. The highest BCUT2D eigenvalue weighted by Gasteiger charge is 2.24. The van der Waals surface area contributed by atoms with E-state index in [9.17, 15) is 9.59 Å². The summed E-state index contributed by atoms with van der Waals surface area (Å²) in [4.78, 5) is 28.4. The third-order valence-corrected chi connectivity index (χ3v) is 6.18. The van der Waals surface area contributed by atoms with Crippen molar-refractivity contribution in [1.29, 1.82) is 0 Å². The van der Waals surface area contributed by atoms with Crippen molar-refractivity contribution < 1.29 is 14.3 Å². The lowest BCUT2D eigenvalue weighted by Crippen LogP contribution is -2.53. The third kappa shape index (κ3) is 6.61. The summed E-state index contributed by atoms with van der Waals surface area (Å²) in [6, 6.07) is 7.27. The van der Waals surface area contributed by atoms with Crippen LogP contribution < -0.4 is 5.32 Å². The molecule has 7 heteroatoms. The maximum atomic E-state index is 12.5. The van der Waals surface area contributed by atoms with Gasteiger partial charge in [0.25, 0.3) is 0 Å². The number of carbonyl (C=O) groups is 2. The van der Waals surface area contributed by atoms with Gasteiger partial charge in [-0.1, -0.05) is 43.5 Å². The van der Waals surface area contributed by atoms with Crippen molar-refractivity contribution in [1.82, 2.24) is 15.1 Å². The van der Waals surface area contributed by atoms with Crippen LogP contribution in [0.2, 0.25) is 5.02 Å². The average molecular weight is 422 g/mol. The van der Waals surface area contributed by atoms with Crippen molar-refractivity contribution in [3.8, 4) is 0 Å². The zero-order valence-electron chi connectivity index (χ0n) is 17.2. The Hall–Kier alpha value is -1.79. The molecule has 1 aliphatic carbocycles. The van der Waals surface area contributed by atoms with Gasteiger partial charge in [0.15, 0.2) is 0 Å².